The summed E-state index contributed by atoms with van der Waals surface area (Å²) < 4.78 is 13.6. The van der Waals surface area contributed by atoms with E-state index < -0.39 is 5.41 Å². The summed E-state index contributed by atoms with van der Waals surface area (Å²) in [6.45, 7) is 27.2. The van der Waals surface area contributed by atoms with Crippen LogP contribution in [0.25, 0.3) is 50.3 Å². The molecule has 10 rings (SSSR count). The van der Waals surface area contributed by atoms with Crippen molar-refractivity contribution in [3.8, 4) is 39.9 Å². The van der Waals surface area contributed by atoms with Crippen molar-refractivity contribution in [1.82, 2.24) is 14.1 Å². The van der Waals surface area contributed by atoms with Gasteiger partial charge in [-0.2, -0.15) is 12.1 Å². The average molecular weight is 1140 g/mol. The number of benzene rings is 7. The second kappa shape index (κ2) is 19.6. The molecule has 0 spiro atoms. The standard InChI is InChI=1S/C67H66N4O.Pt/c1-45(2)56-28-19-20-29-57(56)62-43-69(52-27-21-26-48(36-52)64(3,4)5)44-70(62)53-37-51(67(11,12)47-24-17-14-18-25-47)38-55(41-53)72-54-31-32-58-59-39-50(66(9,10)46-22-15-13-16-23-46)30-33-60(59)71(61(58)42-54)63-40-49(34-35-68-63)65(6,7)8;/h13-40,43,45H,1-12H3;/q-2;. The van der Waals surface area contributed by atoms with Gasteiger partial charge < -0.3 is 13.9 Å². The maximum atomic E-state index is 7.09. The summed E-state index contributed by atoms with van der Waals surface area (Å²) in [7, 11) is 0. The zero-order chi connectivity index (χ0) is 50.7. The topological polar surface area (TPSA) is 35.9 Å². The second-order valence-corrected chi connectivity index (χ2v) is 22.9. The third kappa shape index (κ3) is 9.89. The van der Waals surface area contributed by atoms with E-state index in [9.17, 15) is 0 Å². The Hall–Kier alpha value is -6.81. The fourth-order valence-corrected chi connectivity index (χ4v) is 10.1. The molecule has 0 unspecified atom stereocenters. The zero-order valence-electron chi connectivity index (χ0n) is 44.3. The van der Waals surface area contributed by atoms with Crippen molar-refractivity contribution in [3.63, 3.8) is 0 Å². The molecule has 0 aliphatic heterocycles. The van der Waals surface area contributed by atoms with E-state index in [2.05, 4.69) is 279 Å². The first-order valence-electron chi connectivity index (χ1n) is 25.4. The minimum Gasteiger partial charge on any atom is -0.510 e. The van der Waals surface area contributed by atoms with E-state index in [1.165, 1.54) is 33.4 Å². The number of hydrogen-bond acceptors (Lipinski definition) is 2. The van der Waals surface area contributed by atoms with Crippen molar-refractivity contribution in [2.45, 2.75) is 111 Å². The first-order valence-corrected chi connectivity index (χ1v) is 25.4. The number of ether oxygens (including phenoxy) is 1. The van der Waals surface area contributed by atoms with Gasteiger partial charge >= 0.3 is 0 Å². The van der Waals surface area contributed by atoms with Gasteiger partial charge in [-0.15, -0.1) is 35.2 Å². The number of fused-ring (bicyclic) bond motifs is 3. The van der Waals surface area contributed by atoms with Crippen LogP contribution in [-0.4, -0.2) is 14.1 Å². The Balaban J connectivity index is 0.00000656. The fourth-order valence-electron chi connectivity index (χ4n) is 10.1. The Bertz CT molecular complexity index is 3600. The molecule has 0 saturated carbocycles. The Morgan fingerprint density at radius 3 is 1.84 bits per heavy atom. The molecular formula is C67H66N4OPt-2. The maximum Gasteiger partial charge on any atom is 0.267 e. The number of aromatic nitrogens is 4. The average Bonchev–Trinajstić information content (AvgIpc) is 3.96. The number of hydrogen-bond donors (Lipinski definition) is 0. The number of rotatable bonds is 11. The molecule has 3 aromatic heterocycles. The maximum absolute atomic E-state index is 7.09. The molecule has 0 fully saturated rings. The van der Waals surface area contributed by atoms with Crippen molar-refractivity contribution in [2.75, 3.05) is 0 Å². The summed E-state index contributed by atoms with van der Waals surface area (Å²) in [6, 6.07) is 66.3. The number of pyridine rings is 1. The first kappa shape index (κ1) is 51.1. The van der Waals surface area contributed by atoms with E-state index in [1.54, 1.807) is 0 Å². The van der Waals surface area contributed by atoms with Gasteiger partial charge in [0.1, 0.15) is 5.82 Å². The van der Waals surface area contributed by atoms with E-state index in [4.69, 9.17) is 9.72 Å². The molecule has 0 aliphatic rings. The molecule has 0 aliphatic carbocycles. The minimum absolute atomic E-state index is 0. The Labute approximate surface area is 447 Å². The van der Waals surface area contributed by atoms with Crippen LogP contribution in [0.4, 0.5) is 0 Å². The summed E-state index contributed by atoms with van der Waals surface area (Å²) >= 11 is 0. The monoisotopic (exact) mass is 1140 g/mol. The molecule has 73 heavy (non-hydrogen) atoms. The SMILES string of the molecule is CC(C)c1ccccc1-c1c[n+](-c2cccc(C(C)(C)C)c2)[c-]n1-c1[c-]c(Oc2[c-]c3c(cc2)c2cc(C(C)(C)c4ccccc4)ccc2n3-c2cc(C(C)(C)C)ccn2)cc(C(C)(C)c2ccccc2)c1.[Pt]. The predicted molar refractivity (Wildman–Crippen MR) is 297 cm³/mol. The Morgan fingerprint density at radius 2 is 1.16 bits per heavy atom. The molecule has 0 amide bonds. The molecular weight excluding hydrogens is 1070 g/mol. The van der Waals surface area contributed by atoms with Gasteiger partial charge in [-0.3, -0.25) is 4.57 Å². The van der Waals surface area contributed by atoms with Crippen LogP contribution in [0.3, 0.4) is 0 Å². The van der Waals surface area contributed by atoms with Crippen molar-refractivity contribution in [3.05, 3.63) is 234 Å². The van der Waals surface area contributed by atoms with E-state index in [-0.39, 0.29) is 37.3 Å². The molecule has 372 valence electrons. The largest absolute Gasteiger partial charge is 0.510 e. The Kier molecular flexibility index (Phi) is 13.7. The normalized spacial score (nSPS) is 12.4. The summed E-state index contributed by atoms with van der Waals surface area (Å²) in [4.78, 5) is 5.02. The molecule has 0 saturated heterocycles. The second-order valence-electron chi connectivity index (χ2n) is 22.9. The summed E-state index contributed by atoms with van der Waals surface area (Å²) in [5, 5.41) is 2.21. The van der Waals surface area contributed by atoms with E-state index in [0.29, 0.717) is 17.4 Å². The van der Waals surface area contributed by atoms with Gasteiger partial charge in [0.2, 0.25) is 0 Å². The van der Waals surface area contributed by atoms with Gasteiger partial charge in [0.15, 0.2) is 0 Å². The molecule has 10 aromatic rings. The van der Waals surface area contributed by atoms with E-state index in [0.717, 1.165) is 55.8 Å². The number of imidazole rings is 1. The van der Waals surface area contributed by atoms with Crippen LogP contribution in [0.15, 0.2) is 176 Å². The zero-order valence-corrected chi connectivity index (χ0v) is 46.6. The van der Waals surface area contributed by atoms with Gasteiger partial charge in [-0.1, -0.05) is 198 Å². The van der Waals surface area contributed by atoms with Crippen LogP contribution in [-0.2, 0) is 42.7 Å². The van der Waals surface area contributed by atoms with E-state index >= 15 is 0 Å². The molecule has 0 radical (unpaired) electrons. The smallest absolute Gasteiger partial charge is 0.267 e. The molecule has 0 N–H and O–H groups in total. The molecule has 5 nitrogen and oxygen atoms in total. The Morgan fingerprint density at radius 1 is 0.534 bits per heavy atom. The van der Waals surface area contributed by atoms with Crippen LogP contribution < -0.4 is 9.30 Å². The predicted octanol–water partition coefficient (Wildman–Crippen LogP) is 16.5. The van der Waals surface area contributed by atoms with Gasteiger partial charge in [-0.05, 0) is 103 Å². The summed E-state index contributed by atoms with van der Waals surface area (Å²) in [5.41, 5.74) is 13.7. The first-order chi connectivity index (χ1) is 34.3. The minimum atomic E-state index is -0.404. The molecule has 0 bridgehead atoms. The number of nitrogens with zero attached hydrogens (tertiary/aromatic N) is 4. The summed E-state index contributed by atoms with van der Waals surface area (Å²) in [6.07, 6.45) is 7.94. The van der Waals surface area contributed by atoms with Gasteiger partial charge in [0.25, 0.3) is 6.33 Å². The van der Waals surface area contributed by atoms with Crippen molar-refractivity contribution in [1.29, 1.82) is 0 Å². The van der Waals surface area contributed by atoms with Crippen molar-refractivity contribution < 1.29 is 30.4 Å². The van der Waals surface area contributed by atoms with Gasteiger partial charge in [0, 0.05) is 55.9 Å². The third-order valence-corrected chi connectivity index (χ3v) is 14.8. The molecule has 7 aromatic carbocycles. The van der Waals surface area contributed by atoms with Crippen molar-refractivity contribution >= 4 is 21.8 Å². The van der Waals surface area contributed by atoms with Gasteiger partial charge in [0.05, 0.1) is 11.4 Å². The summed E-state index contributed by atoms with van der Waals surface area (Å²) in [5.74, 6) is 2.29. The van der Waals surface area contributed by atoms with Crippen molar-refractivity contribution in [2.24, 2.45) is 0 Å². The van der Waals surface area contributed by atoms with E-state index in [1.807, 2.05) is 12.3 Å². The molecule has 6 heteroatoms. The molecule has 3 heterocycles. The molecule has 0 atom stereocenters. The van der Waals surface area contributed by atoms with Crippen LogP contribution in [0.1, 0.15) is 128 Å². The third-order valence-electron chi connectivity index (χ3n) is 14.8. The van der Waals surface area contributed by atoms with Crippen LogP contribution >= 0.6 is 0 Å². The van der Waals surface area contributed by atoms with Crippen LogP contribution in [0, 0.1) is 18.5 Å². The van der Waals surface area contributed by atoms with Gasteiger partial charge in [-0.25, -0.2) is 4.98 Å². The fraction of sp³-hybridized carbons (Fsp3) is 0.254. The van der Waals surface area contributed by atoms with Crippen LogP contribution in [0.5, 0.6) is 11.5 Å². The van der Waals surface area contributed by atoms with Crippen LogP contribution in [0.2, 0.25) is 0 Å². The quantitative estimate of drug-likeness (QED) is 0.0956.